The van der Waals surface area contributed by atoms with Crippen molar-refractivity contribution in [1.82, 2.24) is 0 Å². The Bertz CT molecular complexity index is 378. The molecule has 0 spiro atoms. The molecule has 2 unspecified atom stereocenters. The minimum Gasteiger partial charge on any atom is -0.397 e. The molecule has 3 nitrogen and oxygen atoms in total. The van der Waals surface area contributed by atoms with Gasteiger partial charge in [-0.25, -0.2) is 0 Å². The monoisotopic (exact) mass is 234 g/mol. The van der Waals surface area contributed by atoms with Gasteiger partial charge in [0.15, 0.2) is 0 Å². The SMILES string of the molecule is Cc1cccc(NC2CCCCCC2O)c1N. The molecule has 0 saturated heterocycles. The van der Waals surface area contributed by atoms with E-state index in [2.05, 4.69) is 5.32 Å². The molecule has 0 heterocycles. The summed E-state index contributed by atoms with van der Waals surface area (Å²) in [5.74, 6) is 0. The first-order valence-electron chi connectivity index (χ1n) is 6.48. The molecule has 1 aromatic carbocycles. The predicted molar refractivity (Wildman–Crippen MR) is 72.1 cm³/mol. The van der Waals surface area contributed by atoms with Gasteiger partial charge in [0.05, 0.1) is 23.5 Å². The molecule has 0 radical (unpaired) electrons. The molecule has 17 heavy (non-hydrogen) atoms. The van der Waals surface area contributed by atoms with E-state index in [-0.39, 0.29) is 12.1 Å². The van der Waals surface area contributed by atoms with E-state index in [1.165, 1.54) is 12.8 Å². The zero-order valence-electron chi connectivity index (χ0n) is 10.4. The van der Waals surface area contributed by atoms with Crippen LogP contribution in [0.3, 0.4) is 0 Å². The van der Waals surface area contributed by atoms with Gasteiger partial charge < -0.3 is 16.2 Å². The van der Waals surface area contributed by atoms with E-state index >= 15 is 0 Å². The number of hydrogen-bond donors (Lipinski definition) is 3. The fourth-order valence-electron chi connectivity index (χ4n) is 2.46. The minimum atomic E-state index is -0.252. The second kappa shape index (κ2) is 5.41. The molecule has 2 atom stereocenters. The fraction of sp³-hybridized carbons (Fsp3) is 0.571. The van der Waals surface area contributed by atoms with Gasteiger partial charge in [0.25, 0.3) is 0 Å². The van der Waals surface area contributed by atoms with Crippen LogP contribution in [0.15, 0.2) is 18.2 Å². The summed E-state index contributed by atoms with van der Waals surface area (Å²) in [7, 11) is 0. The van der Waals surface area contributed by atoms with Crippen LogP contribution in [0.5, 0.6) is 0 Å². The van der Waals surface area contributed by atoms with Crippen molar-refractivity contribution in [2.45, 2.75) is 51.2 Å². The topological polar surface area (TPSA) is 58.3 Å². The summed E-state index contributed by atoms with van der Waals surface area (Å²) in [4.78, 5) is 0. The van der Waals surface area contributed by atoms with Gasteiger partial charge in [-0.05, 0) is 31.4 Å². The van der Waals surface area contributed by atoms with Crippen LogP contribution in [0.4, 0.5) is 11.4 Å². The number of nitrogens with two attached hydrogens (primary N) is 1. The Labute approximate surface area is 103 Å². The minimum absolute atomic E-state index is 0.140. The largest absolute Gasteiger partial charge is 0.397 e. The Balaban J connectivity index is 2.10. The van der Waals surface area contributed by atoms with Gasteiger partial charge in [-0.1, -0.05) is 31.4 Å². The Morgan fingerprint density at radius 2 is 2.00 bits per heavy atom. The molecule has 94 valence electrons. The molecular formula is C14H22N2O. The number of para-hydroxylation sites is 1. The molecule has 3 heteroatoms. The third kappa shape index (κ3) is 2.91. The van der Waals surface area contributed by atoms with E-state index in [0.29, 0.717) is 0 Å². The summed E-state index contributed by atoms with van der Waals surface area (Å²) in [5, 5.41) is 13.5. The second-order valence-electron chi connectivity index (χ2n) is 4.99. The Hall–Kier alpha value is -1.22. The summed E-state index contributed by atoms with van der Waals surface area (Å²) in [6, 6.07) is 6.13. The van der Waals surface area contributed by atoms with Crippen molar-refractivity contribution >= 4 is 11.4 Å². The first-order chi connectivity index (χ1) is 8.18. The smallest absolute Gasteiger partial charge is 0.0741 e. The van der Waals surface area contributed by atoms with Crippen LogP contribution in [0, 0.1) is 6.92 Å². The molecule has 0 amide bonds. The van der Waals surface area contributed by atoms with Gasteiger partial charge in [0, 0.05) is 0 Å². The third-order valence-corrected chi connectivity index (χ3v) is 3.64. The normalized spacial score (nSPS) is 25.3. The predicted octanol–water partition coefficient (Wildman–Crippen LogP) is 2.68. The van der Waals surface area contributed by atoms with E-state index in [1.54, 1.807) is 0 Å². The first kappa shape index (κ1) is 12.2. The van der Waals surface area contributed by atoms with Crippen molar-refractivity contribution in [3.05, 3.63) is 23.8 Å². The second-order valence-corrected chi connectivity index (χ2v) is 4.99. The maximum Gasteiger partial charge on any atom is 0.0741 e. The number of aliphatic hydroxyl groups is 1. The van der Waals surface area contributed by atoms with Crippen LogP contribution in [0.2, 0.25) is 0 Å². The zero-order chi connectivity index (χ0) is 12.3. The van der Waals surface area contributed by atoms with Crippen LogP contribution >= 0.6 is 0 Å². The van der Waals surface area contributed by atoms with E-state index in [4.69, 9.17) is 5.73 Å². The lowest BCUT2D eigenvalue weighted by atomic mass is 10.0. The van der Waals surface area contributed by atoms with Gasteiger partial charge in [-0.3, -0.25) is 0 Å². The van der Waals surface area contributed by atoms with Crippen LogP contribution in [-0.2, 0) is 0 Å². The number of rotatable bonds is 2. The van der Waals surface area contributed by atoms with Gasteiger partial charge in [0.1, 0.15) is 0 Å². The van der Waals surface area contributed by atoms with Crippen molar-refractivity contribution in [3.63, 3.8) is 0 Å². The number of hydrogen-bond acceptors (Lipinski definition) is 3. The maximum atomic E-state index is 10.1. The van der Waals surface area contributed by atoms with Crippen molar-refractivity contribution in [1.29, 1.82) is 0 Å². The molecule has 0 aliphatic heterocycles. The van der Waals surface area contributed by atoms with Crippen molar-refractivity contribution in [2.75, 3.05) is 11.1 Å². The standard InChI is InChI=1S/C14H22N2O/c1-10-6-5-8-12(14(10)15)16-11-7-3-2-4-9-13(11)17/h5-6,8,11,13,16-17H,2-4,7,9,15H2,1H3. The summed E-state index contributed by atoms with van der Waals surface area (Å²) in [6.07, 6.45) is 5.19. The molecule has 0 bridgehead atoms. The highest BCUT2D eigenvalue weighted by molar-refractivity contribution is 5.69. The number of nitrogen functional groups attached to an aromatic ring is 1. The molecule has 1 fully saturated rings. The molecule has 0 aromatic heterocycles. The fourth-order valence-corrected chi connectivity index (χ4v) is 2.46. The van der Waals surface area contributed by atoms with Crippen molar-refractivity contribution in [2.24, 2.45) is 0 Å². The van der Waals surface area contributed by atoms with Gasteiger partial charge in [-0.2, -0.15) is 0 Å². The quantitative estimate of drug-likeness (QED) is 0.544. The summed E-state index contributed by atoms with van der Waals surface area (Å²) >= 11 is 0. The third-order valence-electron chi connectivity index (χ3n) is 3.64. The van der Waals surface area contributed by atoms with E-state index in [1.807, 2.05) is 25.1 Å². The molecule has 1 aliphatic rings. The van der Waals surface area contributed by atoms with Crippen LogP contribution < -0.4 is 11.1 Å². The molecule has 4 N–H and O–H groups in total. The van der Waals surface area contributed by atoms with Crippen LogP contribution in [0.25, 0.3) is 0 Å². The molecule has 2 rings (SSSR count). The molecular weight excluding hydrogens is 212 g/mol. The van der Waals surface area contributed by atoms with Gasteiger partial charge in [-0.15, -0.1) is 0 Å². The van der Waals surface area contributed by atoms with Crippen molar-refractivity contribution < 1.29 is 5.11 Å². The highest BCUT2D eigenvalue weighted by atomic mass is 16.3. The zero-order valence-corrected chi connectivity index (χ0v) is 10.4. The van der Waals surface area contributed by atoms with E-state index in [9.17, 15) is 5.11 Å². The lowest BCUT2D eigenvalue weighted by Crippen LogP contribution is -2.32. The lowest BCUT2D eigenvalue weighted by molar-refractivity contribution is 0.144. The Morgan fingerprint density at radius 1 is 1.24 bits per heavy atom. The van der Waals surface area contributed by atoms with Gasteiger partial charge in [0.2, 0.25) is 0 Å². The number of benzene rings is 1. The Morgan fingerprint density at radius 3 is 2.82 bits per heavy atom. The van der Waals surface area contributed by atoms with Crippen LogP contribution in [-0.4, -0.2) is 17.3 Å². The molecule has 1 saturated carbocycles. The van der Waals surface area contributed by atoms with Crippen molar-refractivity contribution in [3.8, 4) is 0 Å². The van der Waals surface area contributed by atoms with Crippen LogP contribution in [0.1, 0.15) is 37.7 Å². The summed E-state index contributed by atoms with van der Waals surface area (Å²) < 4.78 is 0. The average Bonchev–Trinajstić information content (AvgIpc) is 2.51. The highest BCUT2D eigenvalue weighted by Gasteiger charge is 2.21. The number of nitrogens with one attached hydrogen (secondary N) is 1. The molecule has 1 aromatic rings. The number of anilines is 2. The van der Waals surface area contributed by atoms with E-state index in [0.717, 1.165) is 36.2 Å². The number of aliphatic hydroxyl groups excluding tert-OH is 1. The number of aryl methyl sites for hydroxylation is 1. The summed E-state index contributed by atoms with van der Waals surface area (Å²) in [6.45, 7) is 2.00. The highest BCUT2D eigenvalue weighted by Crippen LogP contribution is 2.26. The van der Waals surface area contributed by atoms with Gasteiger partial charge >= 0.3 is 0 Å². The lowest BCUT2D eigenvalue weighted by Gasteiger charge is -2.24. The molecule has 1 aliphatic carbocycles. The average molecular weight is 234 g/mol. The Kier molecular flexibility index (Phi) is 3.89. The maximum absolute atomic E-state index is 10.1. The first-order valence-corrected chi connectivity index (χ1v) is 6.48. The van der Waals surface area contributed by atoms with E-state index < -0.39 is 0 Å². The summed E-state index contributed by atoms with van der Waals surface area (Å²) in [5.41, 5.74) is 8.87.